The third kappa shape index (κ3) is 1.69. The Hall–Kier alpha value is -1.75. The smallest absolute Gasteiger partial charge is 0.253 e. The maximum atomic E-state index is 11.3. The highest BCUT2D eigenvalue weighted by Gasteiger charge is 2.16. The van der Waals surface area contributed by atoms with Crippen molar-refractivity contribution in [2.45, 2.75) is 0 Å². The van der Waals surface area contributed by atoms with Crippen LogP contribution in [0.25, 0.3) is 11.1 Å². The lowest BCUT2D eigenvalue weighted by Gasteiger charge is -2.04. The summed E-state index contributed by atoms with van der Waals surface area (Å²) in [4.78, 5) is 14.1. The maximum absolute atomic E-state index is 11.3. The number of benzene rings is 1. The van der Waals surface area contributed by atoms with Crippen LogP contribution >= 0.6 is 15.9 Å². The topological polar surface area (TPSA) is 84.9 Å². The molecule has 0 atom stereocenters. The van der Waals surface area contributed by atoms with Gasteiger partial charge in [0.1, 0.15) is 5.82 Å². The van der Waals surface area contributed by atoms with Gasteiger partial charge in [0, 0.05) is 16.2 Å². The predicted molar refractivity (Wildman–Crippen MR) is 66.9 cm³/mol. The van der Waals surface area contributed by atoms with Gasteiger partial charge in [-0.05, 0) is 11.6 Å². The van der Waals surface area contributed by atoms with E-state index < -0.39 is 5.91 Å². The molecule has 0 aliphatic carbocycles. The number of aromatic nitrogens is 1. The molecule has 2 aromatic rings. The van der Waals surface area contributed by atoms with Crippen LogP contribution in [0, 0.1) is 0 Å². The fourth-order valence-corrected chi connectivity index (χ4v) is 2.10. The number of anilines is 1. The molecule has 16 heavy (non-hydrogen) atoms. The van der Waals surface area contributed by atoms with Gasteiger partial charge in [-0.25, -0.2) is 0 Å². The number of nitrogens with two attached hydrogens (primary N) is 2. The molecule has 4 nitrogen and oxygen atoms in total. The number of H-pyrrole nitrogens is 1. The minimum atomic E-state index is -0.537. The second-order valence-electron chi connectivity index (χ2n) is 3.34. The molecule has 1 amide bonds. The summed E-state index contributed by atoms with van der Waals surface area (Å²) in [5, 5.41) is 0. The monoisotopic (exact) mass is 279 g/mol. The highest BCUT2D eigenvalue weighted by atomic mass is 79.9. The first-order chi connectivity index (χ1) is 7.61. The van der Waals surface area contributed by atoms with E-state index in [-0.39, 0.29) is 0 Å². The summed E-state index contributed by atoms with van der Waals surface area (Å²) in [5.41, 5.74) is 12.9. The molecule has 0 aliphatic rings. The van der Waals surface area contributed by atoms with Gasteiger partial charge in [0.05, 0.1) is 5.56 Å². The second-order valence-corrected chi connectivity index (χ2v) is 4.19. The molecule has 0 radical (unpaired) electrons. The largest absolute Gasteiger partial charge is 0.385 e. The number of aromatic amines is 1. The van der Waals surface area contributed by atoms with E-state index in [4.69, 9.17) is 11.5 Å². The predicted octanol–water partition coefficient (Wildman–Crippen LogP) is 2.13. The number of carbonyl (C=O) groups excluding carboxylic acids is 1. The molecule has 1 aromatic carbocycles. The molecule has 0 unspecified atom stereocenters. The molecule has 1 aromatic heterocycles. The van der Waals surface area contributed by atoms with Gasteiger partial charge >= 0.3 is 0 Å². The van der Waals surface area contributed by atoms with Gasteiger partial charge in [-0.1, -0.05) is 34.1 Å². The Bertz CT molecular complexity index is 548. The molecule has 0 bridgehead atoms. The van der Waals surface area contributed by atoms with E-state index in [0.717, 1.165) is 10.0 Å². The van der Waals surface area contributed by atoms with Crippen molar-refractivity contribution in [3.8, 4) is 11.1 Å². The summed E-state index contributed by atoms with van der Waals surface area (Å²) < 4.78 is 0.886. The van der Waals surface area contributed by atoms with Crippen molar-refractivity contribution >= 4 is 27.7 Å². The standard InChI is InChI=1S/C11H10BrN3O/c12-8-4-2-1-3-6(8)7-5-15-10(13)9(7)11(14)16/h1-5,15H,13H2,(H2,14,16). The van der Waals surface area contributed by atoms with Gasteiger partial charge in [-0.2, -0.15) is 0 Å². The maximum Gasteiger partial charge on any atom is 0.253 e. The molecular formula is C11H10BrN3O. The van der Waals surface area contributed by atoms with Crippen molar-refractivity contribution in [3.63, 3.8) is 0 Å². The zero-order valence-corrected chi connectivity index (χ0v) is 9.91. The number of primary amides is 1. The number of amides is 1. The number of hydrogen-bond donors (Lipinski definition) is 3. The van der Waals surface area contributed by atoms with Gasteiger partial charge in [0.15, 0.2) is 0 Å². The highest BCUT2D eigenvalue weighted by Crippen LogP contribution is 2.32. The SMILES string of the molecule is NC(=O)c1c(-c2ccccc2Br)c[nH]c1N. The third-order valence-electron chi connectivity index (χ3n) is 2.32. The molecule has 0 saturated carbocycles. The first kappa shape index (κ1) is 10.8. The Balaban J connectivity index is 2.66. The van der Waals surface area contributed by atoms with Crippen molar-refractivity contribution in [2.24, 2.45) is 5.73 Å². The van der Waals surface area contributed by atoms with Crippen LogP contribution in [0.2, 0.25) is 0 Å². The van der Waals surface area contributed by atoms with E-state index in [9.17, 15) is 4.79 Å². The van der Waals surface area contributed by atoms with Gasteiger partial charge in [0.25, 0.3) is 5.91 Å². The first-order valence-electron chi connectivity index (χ1n) is 4.63. The Morgan fingerprint density at radius 2 is 1.94 bits per heavy atom. The van der Waals surface area contributed by atoms with E-state index >= 15 is 0 Å². The van der Waals surface area contributed by atoms with Crippen LogP contribution in [0.3, 0.4) is 0 Å². The van der Waals surface area contributed by atoms with Crippen molar-refractivity contribution in [3.05, 3.63) is 40.5 Å². The minimum Gasteiger partial charge on any atom is -0.385 e. The molecule has 0 spiro atoms. The van der Waals surface area contributed by atoms with Crippen molar-refractivity contribution in [1.82, 2.24) is 4.98 Å². The Labute approximate surface area is 101 Å². The third-order valence-corrected chi connectivity index (χ3v) is 3.01. The molecule has 5 heteroatoms. The lowest BCUT2D eigenvalue weighted by molar-refractivity contribution is 0.100. The van der Waals surface area contributed by atoms with Crippen LogP contribution < -0.4 is 11.5 Å². The van der Waals surface area contributed by atoms with Crippen LogP contribution in [0.15, 0.2) is 34.9 Å². The average Bonchev–Trinajstić information content (AvgIpc) is 2.61. The summed E-state index contributed by atoms with van der Waals surface area (Å²) in [7, 11) is 0. The van der Waals surface area contributed by atoms with Crippen LogP contribution in [0.1, 0.15) is 10.4 Å². The normalized spacial score (nSPS) is 10.3. The van der Waals surface area contributed by atoms with Gasteiger partial charge in [-0.3, -0.25) is 4.79 Å². The molecule has 0 saturated heterocycles. The number of nitrogens with one attached hydrogen (secondary N) is 1. The second kappa shape index (κ2) is 4.02. The van der Waals surface area contributed by atoms with Gasteiger partial charge in [0.2, 0.25) is 0 Å². The highest BCUT2D eigenvalue weighted by molar-refractivity contribution is 9.10. The molecule has 0 fully saturated rings. The molecule has 5 N–H and O–H groups in total. The minimum absolute atomic E-state index is 0.290. The van der Waals surface area contributed by atoms with E-state index in [1.807, 2.05) is 24.3 Å². The summed E-state index contributed by atoms with van der Waals surface area (Å²) in [6.45, 7) is 0. The van der Waals surface area contributed by atoms with Gasteiger partial charge in [-0.15, -0.1) is 0 Å². The molecule has 82 valence electrons. The Morgan fingerprint density at radius 1 is 1.25 bits per heavy atom. The van der Waals surface area contributed by atoms with Gasteiger partial charge < -0.3 is 16.5 Å². The number of halogens is 1. The van der Waals surface area contributed by atoms with Crippen LogP contribution in [0.4, 0.5) is 5.82 Å². The number of rotatable bonds is 2. The van der Waals surface area contributed by atoms with E-state index in [2.05, 4.69) is 20.9 Å². The number of hydrogen-bond acceptors (Lipinski definition) is 2. The molecule has 1 heterocycles. The van der Waals surface area contributed by atoms with Crippen LogP contribution in [0.5, 0.6) is 0 Å². The zero-order valence-electron chi connectivity index (χ0n) is 8.33. The Kier molecular flexibility index (Phi) is 2.70. The zero-order chi connectivity index (χ0) is 11.7. The van der Waals surface area contributed by atoms with E-state index in [1.165, 1.54) is 0 Å². The fraction of sp³-hybridized carbons (Fsp3) is 0. The van der Waals surface area contributed by atoms with Crippen LogP contribution in [-0.4, -0.2) is 10.9 Å². The fourth-order valence-electron chi connectivity index (χ4n) is 1.60. The molecular weight excluding hydrogens is 270 g/mol. The lowest BCUT2D eigenvalue weighted by Crippen LogP contribution is -2.13. The van der Waals surface area contributed by atoms with Crippen molar-refractivity contribution in [1.29, 1.82) is 0 Å². The molecule has 0 aliphatic heterocycles. The Morgan fingerprint density at radius 3 is 2.56 bits per heavy atom. The summed E-state index contributed by atoms with van der Waals surface area (Å²) >= 11 is 3.42. The summed E-state index contributed by atoms with van der Waals surface area (Å²) in [6.07, 6.45) is 1.68. The number of carbonyl (C=O) groups is 1. The first-order valence-corrected chi connectivity index (χ1v) is 5.42. The quantitative estimate of drug-likeness (QED) is 0.787. The molecule has 2 rings (SSSR count). The van der Waals surface area contributed by atoms with Crippen LogP contribution in [-0.2, 0) is 0 Å². The lowest BCUT2D eigenvalue weighted by atomic mass is 10.0. The van der Waals surface area contributed by atoms with Crippen molar-refractivity contribution < 1.29 is 4.79 Å². The van der Waals surface area contributed by atoms with E-state index in [1.54, 1.807) is 6.20 Å². The van der Waals surface area contributed by atoms with Crippen molar-refractivity contribution in [2.75, 3.05) is 5.73 Å². The van der Waals surface area contributed by atoms with E-state index in [0.29, 0.717) is 16.9 Å². The average molecular weight is 280 g/mol. The number of nitrogen functional groups attached to an aromatic ring is 1. The summed E-state index contributed by atoms with van der Waals surface area (Å²) in [6, 6.07) is 7.56. The summed E-state index contributed by atoms with van der Waals surface area (Å²) in [5.74, 6) is -0.247.